The summed E-state index contributed by atoms with van der Waals surface area (Å²) in [5.41, 5.74) is 0.0905. The molecular weight excluding hydrogens is 252 g/mol. The molecule has 3 rings (SSSR count). The molecular formula is C15H26N4O. The van der Waals surface area contributed by atoms with E-state index < -0.39 is 0 Å². The summed E-state index contributed by atoms with van der Waals surface area (Å²) in [5.74, 6) is 2.11. The fourth-order valence-corrected chi connectivity index (χ4v) is 3.40. The molecule has 1 aromatic heterocycles. The Morgan fingerprint density at radius 1 is 1.35 bits per heavy atom. The summed E-state index contributed by atoms with van der Waals surface area (Å²) in [6.07, 6.45) is 7.34. The van der Waals surface area contributed by atoms with Crippen molar-refractivity contribution in [1.82, 2.24) is 14.8 Å². The van der Waals surface area contributed by atoms with Gasteiger partial charge in [0, 0.05) is 26.6 Å². The summed E-state index contributed by atoms with van der Waals surface area (Å²) in [6.45, 7) is 6.26. The molecule has 1 saturated heterocycles. The van der Waals surface area contributed by atoms with E-state index in [2.05, 4.69) is 40.6 Å². The van der Waals surface area contributed by atoms with E-state index in [-0.39, 0.29) is 11.7 Å². The van der Waals surface area contributed by atoms with Crippen LogP contribution in [0.4, 0.5) is 5.95 Å². The first-order valence-electron chi connectivity index (χ1n) is 7.94. The van der Waals surface area contributed by atoms with Crippen molar-refractivity contribution in [2.45, 2.75) is 64.1 Å². The van der Waals surface area contributed by atoms with Gasteiger partial charge in [-0.25, -0.2) is 0 Å². The number of hydrogen-bond acceptors (Lipinski definition) is 4. The molecule has 5 nitrogen and oxygen atoms in total. The molecule has 1 aromatic rings. The minimum absolute atomic E-state index is 0.0905. The molecule has 1 atom stereocenters. The average molecular weight is 278 g/mol. The number of ether oxygens (including phenoxy) is 1. The van der Waals surface area contributed by atoms with Crippen molar-refractivity contribution in [3.8, 4) is 0 Å². The van der Waals surface area contributed by atoms with Crippen LogP contribution in [0.1, 0.15) is 51.8 Å². The Bertz CT molecular complexity index is 466. The number of hydrogen-bond donors (Lipinski definition) is 0. The van der Waals surface area contributed by atoms with E-state index in [0.717, 1.165) is 31.3 Å². The minimum atomic E-state index is 0.0905. The van der Waals surface area contributed by atoms with Crippen LogP contribution in [-0.2, 0) is 18.2 Å². The predicted molar refractivity (Wildman–Crippen MR) is 79.0 cm³/mol. The lowest BCUT2D eigenvalue weighted by molar-refractivity contribution is -0.142. The summed E-state index contributed by atoms with van der Waals surface area (Å²) >= 11 is 0. The number of morpholine rings is 1. The number of anilines is 1. The standard InChI is InChI=1S/C15H26N4O/c1-4-5-7-13-16-17-14(18(13)3)19-10-12(2)20-15(11-19)8-6-9-15/h12H,4-11H2,1-3H3. The van der Waals surface area contributed by atoms with Crippen LogP contribution in [0, 0.1) is 0 Å². The highest BCUT2D eigenvalue weighted by Gasteiger charge is 2.45. The quantitative estimate of drug-likeness (QED) is 0.847. The van der Waals surface area contributed by atoms with E-state index in [1.807, 2.05) is 0 Å². The molecule has 1 aliphatic heterocycles. The molecule has 0 N–H and O–H groups in total. The Morgan fingerprint density at radius 2 is 2.15 bits per heavy atom. The van der Waals surface area contributed by atoms with Crippen LogP contribution in [0.25, 0.3) is 0 Å². The van der Waals surface area contributed by atoms with Gasteiger partial charge in [-0.3, -0.25) is 0 Å². The van der Waals surface area contributed by atoms with Crippen LogP contribution in [0.15, 0.2) is 0 Å². The van der Waals surface area contributed by atoms with Gasteiger partial charge in [0.25, 0.3) is 0 Å². The number of unbranched alkanes of at least 4 members (excludes halogenated alkanes) is 1. The van der Waals surface area contributed by atoms with Crippen molar-refractivity contribution < 1.29 is 4.74 Å². The van der Waals surface area contributed by atoms with Crippen molar-refractivity contribution in [2.75, 3.05) is 18.0 Å². The number of rotatable bonds is 4. The minimum Gasteiger partial charge on any atom is -0.368 e. The third-order valence-corrected chi connectivity index (χ3v) is 4.65. The second kappa shape index (κ2) is 5.35. The van der Waals surface area contributed by atoms with E-state index in [0.29, 0.717) is 0 Å². The van der Waals surface area contributed by atoms with Gasteiger partial charge in [0.05, 0.1) is 11.7 Å². The van der Waals surface area contributed by atoms with Gasteiger partial charge in [-0.15, -0.1) is 10.2 Å². The maximum absolute atomic E-state index is 6.17. The molecule has 20 heavy (non-hydrogen) atoms. The second-order valence-corrected chi connectivity index (χ2v) is 6.42. The zero-order valence-electron chi connectivity index (χ0n) is 12.9. The molecule has 0 amide bonds. The highest BCUT2D eigenvalue weighted by molar-refractivity contribution is 5.33. The number of aryl methyl sites for hydroxylation is 1. The topological polar surface area (TPSA) is 43.2 Å². The van der Waals surface area contributed by atoms with Crippen LogP contribution in [-0.4, -0.2) is 39.6 Å². The lowest BCUT2D eigenvalue weighted by Gasteiger charge is -2.50. The Hall–Kier alpha value is -1.10. The van der Waals surface area contributed by atoms with Crippen molar-refractivity contribution in [3.05, 3.63) is 5.82 Å². The van der Waals surface area contributed by atoms with Gasteiger partial charge in [-0.05, 0) is 32.6 Å². The van der Waals surface area contributed by atoms with Crippen LogP contribution in [0.3, 0.4) is 0 Å². The van der Waals surface area contributed by atoms with Crippen molar-refractivity contribution in [3.63, 3.8) is 0 Å². The van der Waals surface area contributed by atoms with E-state index in [1.165, 1.54) is 32.1 Å². The molecule has 2 heterocycles. The number of aromatic nitrogens is 3. The van der Waals surface area contributed by atoms with Crippen LogP contribution < -0.4 is 4.90 Å². The lowest BCUT2D eigenvalue weighted by atomic mass is 9.78. The summed E-state index contributed by atoms with van der Waals surface area (Å²) in [5, 5.41) is 8.81. The highest BCUT2D eigenvalue weighted by Crippen LogP contribution is 2.40. The monoisotopic (exact) mass is 278 g/mol. The number of nitrogens with zero attached hydrogens (tertiary/aromatic N) is 4. The Morgan fingerprint density at radius 3 is 2.80 bits per heavy atom. The van der Waals surface area contributed by atoms with Gasteiger partial charge in [-0.2, -0.15) is 0 Å². The molecule has 1 spiro atoms. The fourth-order valence-electron chi connectivity index (χ4n) is 3.40. The average Bonchev–Trinajstić information content (AvgIpc) is 2.75. The maximum atomic E-state index is 6.17. The van der Waals surface area contributed by atoms with Gasteiger partial charge in [0.15, 0.2) is 0 Å². The molecule has 5 heteroatoms. The molecule has 1 saturated carbocycles. The molecule has 1 unspecified atom stereocenters. The Labute approximate surface area is 121 Å². The predicted octanol–water partition coefficient (Wildman–Crippen LogP) is 2.31. The molecule has 2 aliphatic rings. The van der Waals surface area contributed by atoms with E-state index in [1.54, 1.807) is 0 Å². The summed E-state index contributed by atoms with van der Waals surface area (Å²) < 4.78 is 8.34. The molecule has 0 radical (unpaired) electrons. The van der Waals surface area contributed by atoms with Crippen molar-refractivity contribution in [1.29, 1.82) is 0 Å². The van der Waals surface area contributed by atoms with Crippen LogP contribution >= 0.6 is 0 Å². The first-order chi connectivity index (χ1) is 9.63. The normalized spacial score (nSPS) is 24.9. The SMILES string of the molecule is CCCCc1nnc(N2CC(C)OC3(CCC3)C2)n1C. The van der Waals surface area contributed by atoms with Gasteiger partial charge < -0.3 is 14.2 Å². The van der Waals surface area contributed by atoms with Gasteiger partial charge in [0.1, 0.15) is 5.82 Å². The molecule has 2 fully saturated rings. The summed E-state index contributed by atoms with van der Waals surface area (Å²) in [4.78, 5) is 2.37. The lowest BCUT2D eigenvalue weighted by Crippen LogP contribution is -2.58. The van der Waals surface area contributed by atoms with E-state index in [4.69, 9.17) is 4.74 Å². The first-order valence-corrected chi connectivity index (χ1v) is 7.94. The molecule has 0 aromatic carbocycles. The van der Waals surface area contributed by atoms with Gasteiger partial charge >= 0.3 is 0 Å². The molecule has 1 aliphatic carbocycles. The Kier molecular flexibility index (Phi) is 3.71. The third-order valence-electron chi connectivity index (χ3n) is 4.65. The van der Waals surface area contributed by atoms with Crippen LogP contribution in [0.5, 0.6) is 0 Å². The molecule has 112 valence electrons. The zero-order chi connectivity index (χ0) is 14.2. The molecule has 0 bridgehead atoms. The largest absolute Gasteiger partial charge is 0.368 e. The third kappa shape index (κ3) is 2.43. The zero-order valence-corrected chi connectivity index (χ0v) is 12.9. The summed E-state index contributed by atoms with van der Waals surface area (Å²) in [6, 6.07) is 0. The van der Waals surface area contributed by atoms with Gasteiger partial charge in [0.2, 0.25) is 5.95 Å². The van der Waals surface area contributed by atoms with E-state index >= 15 is 0 Å². The Balaban J connectivity index is 1.76. The smallest absolute Gasteiger partial charge is 0.227 e. The fraction of sp³-hybridized carbons (Fsp3) is 0.867. The van der Waals surface area contributed by atoms with Crippen molar-refractivity contribution in [2.24, 2.45) is 7.05 Å². The maximum Gasteiger partial charge on any atom is 0.227 e. The van der Waals surface area contributed by atoms with E-state index in [9.17, 15) is 0 Å². The van der Waals surface area contributed by atoms with Crippen LogP contribution in [0.2, 0.25) is 0 Å². The second-order valence-electron chi connectivity index (χ2n) is 6.42. The summed E-state index contributed by atoms with van der Waals surface area (Å²) in [7, 11) is 2.09. The van der Waals surface area contributed by atoms with Crippen molar-refractivity contribution >= 4 is 5.95 Å². The highest BCUT2D eigenvalue weighted by atomic mass is 16.5. The first kappa shape index (κ1) is 13.9. The van der Waals surface area contributed by atoms with Gasteiger partial charge in [-0.1, -0.05) is 13.3 Å².